The highest BCUT2D eigenvalue weighted by atomic mass is 127. The molecule has 16 heteroatoms. The molecule has 3 N–H and O–H groups in total. The molecule has 210 valence electrons. The second-order valence-corrected chi connectivity index (χ2v) is 16.0. The van der Waals surface area contributed by atoms with Gasteiger partial charge in [-0.05, 0) is 43.7 Å². The number of nitrogens with zero attached hydrogens (tertiary/aromatic N) is 6. The minimum Gasteiger partial charge on any atom is -0.382 e. The molecule has 1 fully saturated rings. The summed E-state index contributed by atoms with van der Waals surface area (Å²) in [5, 5.41) is 8.07. The largest absolute Gasteiger partial charge is 0.382 e. The average Bonchev–Trinajstić information content (AvgIpc) is 3.73. The molecule has 40 heavy (non-hydrogen) atoms. The molecule has 5 rings (SSSR count). The SMILES string of the molecule is Nc1nc(-c2cc3ncn(CCC[C@@H](Nc4cnn(I)c(=O)c4C(P)(P)P)C4CC4)c(=O)c3cc2F)ncc1Cl. The minimum absolute atomic E-state index is 0.0328. The number of aryl methyl sites for hydroxylation is 1. The maximum atomic E-state index is 15.0. The summed E-state index contributed by atoms with van der Waals surface area (Å²) in [7, 11) is 7.98. The second kappa shape index (κ2) is 11.8. The van der Waals surface area contributed by atoms with Gasteiger partial charge >= 0.3 is 0 Å². The van der Waals surface area contributed by atoms with E-state index in [0.29, 0.717) is 35.7 Å². The van der Waals surface area contributed by atoms with Crippen molar-refractivity contribution in [2.45, 2.75) is 42.9 Å². The molecule has 0 bridgehead atoms. The Bertz CT molecular complexity index is 1730. The Morgan fingerprint density at radius 2 is 1.95 bits per heavy atom. The first-order chi connectivity index (χ1) is 18.9. The predicted molar refractivity (Wildman–Crippen MR) is 175 cm³/mol. The van der Waals surface area contributed by atoms with E-state index in [1.165, 1.54) is 26.1 Å². The van der Waals surface area contributed by atoms with Gasteiger partial charge in [-0.2, -0.15) is 7.99 Å². The summed E-state index contributed by atoms with van der Waals surface area (Å²) < 4.78 is 17.2. The van der Waals surface area contributed by atoms with Gasteiger partial charge in [0.25, 0.3) is 11.1 Å². The molecule has 0 saturated heterocycles. The van der Waals surface area contributed by atoms with Crippen LogP contribution in [0.15, 0.2) is 40.4 Å². The Morgan fingerprint density at radius 1 is 1.20 bits per heavy atom. The summed E-state index contributed by atoms with van der Waals surface area (Å²) in [5.74, 6) is -0.0891. The van der Waals surface area contributed by atoms with E-state index in [2.05, 4.69) is 53.1 Å². The smallest absolute Gasteiger partial charge is 0.282 e. The molecule has 0 spiro atoms. The van der Waals surface area contributed by atoms with Gasteiger partial charge in [-0.25, -0.2) is 19.3 Å². The van der Waals surface area contributed by atoms with E-state index >= 15 is 4.39 Å². The van der Waals surface area contributed by atoms with Crippen LogP contribution >= 0.6 is 62.2 Å². The Morgan fingerprint density at radius 3 is 2.62 bits per heavy atom. The minimum atomic E-state index is -0.657. The number of aromatic nitrogens is 6. The first kappa shape index (κ1) is 29.6. The molecule has 1 aliphatic rings. The van der Waals surface area contributed by atoms with Crippen LogP contribution in [0.5, 0.6) is 0 Å². The first-order valence-corrected chi connectivity index (χ1v) is 15.4. The van der Waals surface area contributed by atoms with E-state index in [1.807, 2.05) is 22.9 Å². The van der Waals surface area contributed by atoms with Gasteiger partial charge in [-0.3, -0.25) is 14.2 Å². The molecule has 0 radical (unpaired) electrons. The Labute approximate surface area is 254 Å². The van der Waals surface area contributed by atoms with Crippen molar-refractivity contribution in [2.24, 2.45) is 5.92 Å². The van der Waals surface area contributed by atoms with Crippen LogP contribution in [0.25, 0.3) is 22.3 Å². The van der Waals surface area contributed by atoms with Gasteiger partial charge in [0.2, 0.25) is 0 Å². The fraction of sp³-hybridized carbons (Fsp3) is 0.333. The van der Waals surface area contributed by atoms with Gasteiger partial charge in [0.1, 0.15) is 16.7 Å². The Kier molecular flexibility index (Phi) is 8.75. The van der Waals surface area contributed by atoms with Gasteiger partial charge in [0.05, 0.1) is 69.3 Å². The van der Waals surface area contributed by atoms with Crippen molar-refractivity contribution in [2.75, 3.05) is 11.1 Å². The molecule has 3 heterocycles. The van der Waals surface area contributed by atoms with E-state index in [-0.39, 0.29) is 44.8 Å². The van der Waals surface area contributed by atoms with Crippen LogP contribution < -0.4 is 22.2 Å². The van der Waals surface area contributed by atoms with Crippen LogP contribution in [0.4, 0.5) is 15.9 Å². The van der Waals surface area contributed by atoms with E-state index in [0.717, 1.165) is 25.3 Å². The Hall–Kier alpha value is -1.84. The van der Waals surface area contributed by atoms with Crippen molar-refractivity contribution in [3.63, 3.8) is 0 Å². The number of benzene rings is 1. The van der Waals surface area contributed by atoms with Crippen molar-refractivity contribution in [3.8, 4) is 11.4 Å². The van der Waals surface area contributed by atoms with Crippen LogP contribution in [-0.2, 0) is 11.2 Å². The van der Waals surface area contributed by atoms with Crippen LogP contribution in [0, 0.1) is 11.7 Å². The van der Waals surface area contributed by atoms with Crippen molar-refractivity contribution in [3.05, 3.63) is 68.0 Å². The summed E-state index contributed by atoms with van der Waals surface area (Å²) in [6.07, 6.45) is 8.08. The highest BCUT2D eigenvalue weighted by molar-refractivity contribution is 14.1. The highest BCUT2D eigenvalue weighted by Crippen LogP contribution is 2.47. The van der Waals surface area contributed by atoms with Crippen LogP contribution in [-0.4, -0.2) is 33.6 Å². The molecule has 1 aromatic carbocycles. The fourth-order valence-electron chi connectivity index (χ4n) is 4.59. The number of rotatable bonds is 9. The van der Waals surface area contributed by atoms with Gasteiger partial charge in [-0.15, -0.1) is 27.7 Å². The lowest BCUT2D eigenvalue weighted by Crippen LogP contribution is -2.30. The zero-order chi connectivity index (χ0) is 28.8. The lowest BCUT2D eigenvalue weighted by atomic mass is 10.1. The fourth-order valence-corrected chi connectivity index (χ4v) is 5.88. The number of anilines is 2. The molecule has 10 nitrogen and oxygen atoms in total. The number of nitrogens with two attached hydrogens (primary N) is 1. The molecular formula is C24H26ClFIN8O2P3. The third-order valence-corrected chi connectivity index (χ3v) is 8.59. The van der Waals surface area contributed by atoms with Crippen molar-refractivity contribution in [1.29, 1.82) is 0 Å². The number of nitrogens with one attached hydrogen (secondary N) is 1. The van der Waals surface area contributed by atoms with E-state index in [4.69, 9.17) is 17.3 Å². The molecule has 4 aromatic rings. The number of halogens is 3. The monoisotopic (exact) mass is 732 g/mol. The van der Waals surface area contributed by atoms with Crippen LogP contribution in [0.1, 0.15) is 31.2 Å². The molecule has 0 amide bonds. The number of hydrogen-bond acceptors (Lipinski definition) is 8. The standard InChI is InChI=1S/C24H26ClFIN8O2P3/c25-14-8-29-21(33-20(14)28)12-7-17-13(6-15(12)26)22(36)34(10-30-17)5-1-2-16(11-3-4-11)32-18-9-31-35(27)23(37)19(18)24(38,39)40/h6-11,16,32H,1-5,38-40H2,(H2,28,29,33)/t16-/m1/s1. The van der Waals surface area contributed by atoms with E-state index in [1.54, 1.807) is 6.20 Å². The molecule has 3 aromatic heterocycles. The number of hydrogen-bond donors (Lipinski definition) is 2. The Balaban J connectivity index is 1.34. The van der Waals surface area contributed by atoms with Crippen molar-refractivity contribution in [1.82, 2.24) is 27.5 Å². The second-order valence-electron chi connectivity index (χ2n) is 9.78. The van der Waals surface area contributed by atoms with Crippen molar-refractivity contribution < 1.29 is 4.39 Å². The summed E-state index contributed by atoms with van der Waals surface area (Å²) in [4.78, 5) is 38.5. The van der Waals surface area contributed by atoms with Gasteiger partial charge < -0.3 is 11.1 Å². The predicted octanol–water partition coefficient (Wildman–Crippen LogP) is 4.39. The van der Waals surface area contributed by atoms with Gasteiger partial charge in [-0.1, -0.05) is 11.6 Å². The third kappa shape index (κ3) is 6.31. The topological polar surface area (TPSA) is 134 Å². The average molecular weight is 733 g/mol. The van der Waals surface area contributed by atoms with Crippen LogP contribution in [0.3, 0.4) is 0 Å². The molecule has 3 unspecified atom stereocenters. The number of fused-ring (bicyclic) bond motifs is 1. The summed E-state index contributed by atoms with van der Waals surface area (Å²) in [5.41, 5.74) is 6.90. The summed E-state index contributed by atoms with van der Waals surface area (Å²) in [6, 6.07) is 2.71. The third-order valence-electron chi connectivity index (χ3n) is 6.74. The lowest BCUT2D eigenvalue weighted by Gasteiger charge is -2.26. The van der Waals surface area contributed by atoms with E-state index < -0.39 is 10.5 Å². The molecule has 1 aliphatic carbocycles. The van der Waals surface area contributed by atoms with Gasteiger partial charge in [0.15, 0.2) is 5.82 Å². The maximum absolute atomic E-state index is 15.0. The highest BCUT2D eigenvalue weighted by Gasteiger charge is 2.33. The molecule has 1 saturated carbocycles. The number of nitrogen functional groups attached to an aromatic ring is 1. The zero-order valence-corrected chi connectivity index (χ0v) is 27.4. The summed E-state index contributed by atoms with van der Waals surface area (Å²) in [6.45, 7) is 0.411. The zero-order valence-electron chi connectivity index (χ0n) is 21.0. The summed E-state index contributed by atoms with van der Waals surface area (Å²) >= 11 is 7.75. The lowest BCUT2D eigenvalue weighted by molar-refractivity contribution is 0.513. The first-order valence-electron chi connectivity index (χ1n) is 12.3. The normalized spacial score (nSPS) is 14.4. The molecule has 4 atom stereocenters. The van der Waals surface area contributed by atoms with Gasteiger partial charge in [0, 0.05) is 17.2 Å². The van der Waals surface area contributed by atoms with Crippen molar-refractivity contribution >= 4 is 84.6 Å². The molecule has 0 aliphatic heterocycles. The van der Waals surface area contributed by atoms with Crippen LogP contribution in [0.2, 0.25) is 5.02 Å². The van der Waals surface area contributed by atoms with E-state index in [9.17, 15) is 9.59 Å². The maximum Gasteiger partial charge on any atom is 0.282 e. The molecular weight excluding hydrogens is 707 g/mol. The quantitative estimate of drug-likeness (QED) is 0.191.